The summed E-state index contributed by atoms with van der Waals surface area (Å²) in [7, 11) is 0. The normalized spacial score (nSPS) is 17.7. The van der Waals surface area contributed by atoms with Crippen LogP contribution in [0.15, 0.2) is 23.2 Å². The minimum atomic E-state index is -0.507. The zero-order valence-corrected chi connectivity index (χ0v) is 13.0. The van der Waals surface area contributed by atoms with Gasteiger partial charge in [0.05, 0.1) is 17.8 Å². The Morgan fingerprint density at radius 1 is 1.55 bits per heavy atom. The molecule has 0 saturated carbocycles. The second kappa shape index (κ2) is 6.39. The van der Waals surface area contributed by atoms with E-state index in [1.807, 2.05) is 17.7 Å². The van der Waals surface area contributed by atoms with Gasteiger partial charge in [0.25, 0.3) is 11.8 Å². The Hall–Kier alpha value is -2.02. The number of carbonyl (C=O) groups excluding carboxylic acids is 1. The van der Waals surface area contributed by atoms with E-state index in [1.165, 1.54) is 17.7 Å². The molecule has 5 nitrogen and oxygen atoms in total. The van der Waals surface area contributed by atoms with E-state index in [9.17, 15) is 9.18 Å². The smallest absolute Gasteiger partial charge is 0.254 e. The molecule has 1 amide bonds. The molecule has 1 aliphatic heterocycles. The van der Waals surface area contributed by atoms with Crippen LogP contribution in [-0.2, 0) is 6.42 Å². The average molecular weight is 321 g/mol. The number of nitrogens with zero attached hydrogens (tertiary/aromatic N) is 3. The minimum absolute atomic E-state index is 0.00948. The van der Waals surface area contributed by atoms with E-state index in [0.717, 1.165) is 0 Å². The van der Waals surface area contributed by atoms with Gasteiger partial charge in [-0.3, -0.25) is 4.79 Å². The summed E-state index contributed by atoms with van der Waals surface area (Å²) in [5, 5.41) is 3.70. The first-order chi connectivity index (χ1) is 10.7. The molecule has 0 bridgehead atoms. The standard InChI is InChI=1S/C15H16FN3O2S/c1-2-12-13(16)14(18-9-17-12)21-11-3-5-19(7-11)15(20)10-4-6-22-8-10/h4,6,8-9,11H,2-3,5,7H2,1H3/t11-/m1/s1. The highest BCUT2D eigenvalue weighted by atomic mass is 32.1. The molecular weight excluding hydrogens is 305 g/mol. The number of halogens is 1. The molecule has 22 heavy (non-hydrogen) atoms. The zero-order valence-electron chi connectivity index (χ0n) is 12.2. The molecule has 1 aliphatic rings. The Morgan fingerprint density at radius 3 is 3.14 bits per heavy atom. The van der Waals surface area contributed by atoms with Crippen molar-refractivity contribution in [2.24, 2.45) is 0 Å². The van der Waals surface area contributed by atoms with Crippen LogP contribution in [0.4, 0.5) is 4.39 Å². The molecule has 2 aromatic heterocycles. The van der Waals surface area contributed by atoms with Crippen molar-refractivity contribution in [2.45, 2.75) is 25.9 Å². The number of aromatic nitrogens is 2. The highest BCUT2D eigenvalue weighted by Crippen LogP contribution is 2.22. The van der Waals surface area contributed by atoms with Crippen LogP contribution >= 0.6 is 11.3 Å². The predicted octanol–water partition coefficient (Wildman–Crippen LogP) is 2.53. The summed E-state index contributed by atoms with van der Waals surface area (Å²) in [5.74, 6) is -0.543. The van der Waals surface area contributed by atoms with E-state index in [0.29, 0.717) is 37.2 Å². The lowest BCUT2D eigenvalue weighted by Crippen LogP contribution is -2.30. The van der Waals surface area contributed by atoms with Gasteiger partial charge in [-0.05, 0) is 17.9 Å². The number of thiophene rings is 1. The molecule has 0 unspecified atom stereocenters. The Bertz CT molecular complexity index is 663. The molecule has 2 aromatic rings. The Balaban J connectivity index is 1.65. The van der Waals surface area contributed by atoms with Crippen LogP contribution < -0.4 is 4.74 Å². The molecule has 0 aromatic carbocycles. The van der Waals surface area contributed by atoms with Gasteiger partial charge in [-0.15, -0.1) is 0 Å². The van der Waals surface area contributed by atoms with Crippen molar-refractivity contribution in [3.8, 4) is 5.88 Å². The van der Waals surface area contributed by atoms with Gasteiger partial charge in [0.2, 0.25) is 5.82 Å². The fraction of sp³-hybridized carbons (Fsp3) is 0.400. The van der Waals surface area contributed by atoms with E-state index < -0.39 is 5.82 Å². The van der Waals surface area contributed by atoms with Crippen molar-refractivity contribution in [1.29, 1.82) is 0 Å². The van der Waals surface area contributed by atoms with Gasteiger partial charge in [0, 0.05) is 18.3 Å². The van der Waals surface area contributed by atoms with Gasteiger partial charge >= 0.3 is 0 Å². The van der Waals surface area contributed by atoms with Gasteiger partial charge in [0.15, 0.2) is 0 Å². The van der Waals surface area contributed by atoms with Crippen molar-refractivity contribution in [3.05, 3.63) is 40.2 Å². The van der Waals surface area contributed by atoms with Gasteiger partial charge in [0.1, 0.15) is 12.4 Å². The van der Waals surface area contributed by atoms with Crippen molar-refractivity contribution < 1.29 is 13.9 Å². The summed E-state index contributed by atoms with van der Waals surface area (Å²) in [6, 6.07) is 1.80. The number of aryl methyl sites for hydroxylation is 1. The molecule has 1 saturated heterocycles. The van der Waals surface area contributed by atoms with Crippen molar-refractivity contribution in [2.75, 3.05) is 13.1 Å². The van der Waals surface area contributed by atoms with E-state index in [-0.39, 0.29) is 17.9 Å². The maximum Gasteiger partial charge on any atom is 0.254 e. The molecule has 116 valence electrons. The quantitative estimate of drug-likeness (QED) is 0.868. The van der Waals surface area contributed by atoms with Crippen LogP contribution in [0.1, 0.15) is 29.4 Å². The summed E-state index contributed by atoms with van der Waals surface area (Å²) in [6.45, 7) is 2.87. The van der Waals surface area contributed by atoms with E-state index in [2.05, 4.69) is 9.97 Å². The lowest BCUT2D eigenvalue weighted by Gasteiger charge is -2.16. The fourth-order valence-electron chi connectivity index (χ4n) is 2.45. The third-order valence-corrected chi connectivity index (χ3v) is 4.33. The molecule has 0 radical (unpaired) electrons. The van der Waals surface area contributed by atoms with E-state index >= 15 is 0 Å². The van der Waals surface area contributed by atoms with Crippen LogP contribution in [0, 0.1) is 5.82 Å². The number of hydrogen-bond donors (Lipinski definition) is 0. The summed E-state index contributed by atoms with van der Waals surface area (Å²) >= 11 is 1.49. The van der Waals surface area contributed by atoms with Crippen LogP contribution in [0.2, 0.25) is 0 Å². The van der Waals surface area contributed by atoms with Crippen LogP contribution in [0.3, 0.4) is 0 Å². The first-order valence-electron chi connectivity index (χ1n) is 7.16. The predicted molar refractivity (Wildman–Crippen MR) is 80.6 cm³/mol. The van der Waals surface area contributed by atoms with Gasteiger partial charge in [-0.25, -0.2) is 4.98 Å². The number of hydrogen-bond acceptors (Lipinski definition) is 5. The second-order valence-electron chi connectivity index (χ2n) is 5.08. The number of ether oxygens (including phenoxy) is 1. The van der Waals surface area contributed by atoms with E-state index in [1.54, 1.807) is 11.0 Å². The lowest BCUT2D eigenvalue weighted by atomic mass is 10.3. The molecule has 0 aliphatic carbocycles. The maximum absolute atomic E-state index is 14.1. The fourth-order valence-corrected chi connectivity index (χ4v) is 3.08. The largest absolute Gasteiger partial charge is 0.470 e. The monoisotopic (exact) mass is 321 g/mol. The molecule has 1 atom stereocenters. The zero-order chi connectivity index (χ0) is 15.5. The van der Waals surface area contributed by atoms with Crippen molar-refractivity contribution in [3.63, 3.8) is 0 Å². The Morgan fingerprint density at radius 2 is 2.41 bits per heavy atom. The topological polar surface area (TPSA) is 55.3 Å². The van der Waals surface area contributed by atoms with Gasteiger partial charge in [-0.1, -0.05) is 6.92 Å². The highest BCUT2D eigenvalue weighted by molar-refractivity contribution is 7.08. The van der Waals surface area contributed by atoms with E-state index in [4.69, 9.17) is 4.74 Å². The third-order valence-electron chi connectivity index (χ3n) is 3.64. The Kier molecular flexibility index (Phi) is 4.33. The van der Waals surface area contributed by atoms with Crippen molar-refractivity contribution >= 4 is 17.2 Å². The minimum Gasteiger partial charge on any atom is -0.470 e. The van der Waals surface area contributed by atoms with Crippen LogP contribution in [-0.4, -0.2) is 40.0 Å². The molecule has 0 spiro atoms. The second-order valence-corrected chi connectivity index (χ2v) is 5.86. The van der Waals surface area contributed by atoms with Gasteiger partial charge in [-0.2, -0.15) is 20.7 Å². The first-order valence-corrected chi connectivity index (χ1v) is 8.10. The van der Waals surface area contributed by atoms with Crippen molar-refractivity contribution in [1.82, 2.24) is 14.9 Å². The molecule has 3 heterocycles. The van der Waals surface area contributed by atoms with Crippen LogP contribution in [0.5, 0.6) is 5.88 Å². The molecule has 7 heteroatoms. The van der Waals surface area contributed by atoms with Gasteiger partial charge < -0.3 is 9.64 Å². The number of rotatable bonds is 4. The SMILES string of the molecule is CCc1ncnc(O[C@@H]2CCN(C(=O)c3ccsc3)C2)c1F. The summed E-state index contributed by atoms with van der Waals surface area (Å²) in [5.41, 5.74) is 1.03. The number of amides is 1. The highest BCUT2D eigenvalue weighted by Gasteiger charge is 2.29. The number of likely N-dealkylation sites (tertiary alicyclic amines) is 1. The molecular formula is C15H16FN3O2S. The molecule has 1 fully saturated rings. The summed E-state index contributed by atoms with van der Waals surface area (Å²) in [6.07, 6.45) is 2.22. The van der Waals surface area contributed by atoms with Crippen LogP contribution in [0.25, 0.3) is 0 Å². The molecule has 0 N–H and O–H groups in total. The summed E-state index contributed by atoms with van der Waals surface area (Å²) in [4.78, 5) is 21.7. The maximum atomic E-state index is 14.1. The first kappa shape index (κ1) is 14.9. The average Bonchev–Trinajstić information content (AvgIpc) is 3.20. The number of carbonyl (C=O) groups is 1. The lowest BCUT2D eigenvalue weighted by molar-refractivity contribution is 0.0770. The summed E-state index contributed by atoms with van der Waals surface area (Å²) < 4.78 is 19.7. The molecule has 3 rings (SSSR count). The third kappa shape index (κ3) is 2.94. The Labute approximate surface area is 131 Å².